The third-order valence-electron chi connectivity index (χ3n) is 2.80. The minimum absolute atomic E-state index is 0.158. The van der Waals surface area contributed by atoms with Gasteiger partial charge in [0.25, 0.3) is 0 Å². The van der Waals surface area contributed by atoms with Crippen molar-refractivity contribution in [1.29, 1.82) is 0 Å². The van der Waals surface area contributed by atoms with E-state index in [1.807, 2.05) is 13.8 Å². The highest BCUT2D eigenvalue weighted by Gasteiger charge is 2.08. The fourth-order valence-corrected chi connectivity index (χ4v) is 1.64. The molecule has 0 bridgehead atoms. The zero-order chi connectivity index (χ0) is 14.0. The molecule has 2 rings (SSSR count). The number of carboxylic acids is 1. The summed E-state index contributed by atoms with van der Waals surface area (Å²) in [6.07, 6.45) is 0. The Morgan fingerprint density at radius 3 is 2.74 bits per heavy atom. The zero-order valence-electron chi connectivity index (χ0n) is 10.7. The van der Waals surface area contributed by atoms with Crippen LogP contribution >= 0.6 is 0 Å². The molecule has 6 nitrogen and oxygen atoms in total. The number of benzene rings is 1. The predicted octanol–water partition coefficient (Wildman–Crippen LogP) is 2.18. The van der Waals surface area contributed by atoms with Crippen molar-refractivity contribution in [3.8, 4) is 0 Å². The van der Waals surface area contributed by atoms with Crippen LogP contribution in [0.25, 0.3) is 0 Å². The average Bonchev–Trinajstić information content (AvgIpc) is 2.67. The molecule has 2 aromatic rings. The number of hydrogen-bond acceptors (Lipinski definition) is 5. The van der Waals surface area contributed by atoms with Gasteiger partial charge < -0.3 is 20.6 Å². The van der Waals surface area contributed by atoms with Crippen molar-refractivity contribution in [2.75, 3.05) is 11.1 Å². The number of anilines is 2. The van der Waals surface area contributed by atoms with Crippen LogP contribution in [0.5, 0.6) is 0 Å². The third-order valence-corrected chi connectivity index (χ3v) is 2.80. The predicted molar refractivity (Wildman–Crippen MR) is 71.1 cm³/mol. The molecule has 0 unspecified atom stereocenters. The maximum absolute atomic E-state index is 10.8. The van der Waals surface area contributed by atoms with Gasteiger partial charge in [0, 0.05) is 0 Å². The van der Waals surface area contributed by atoms with Crippen LogP contribution in [0.3, 0.4) is 0 Å². The summed E-state index contributed by atoms with van der Waals surface area (Å²) in [6, 6.07) is 4.53. The topological polar surface area (TPSA) is 101 Å². The molecule has 1 heterocycles. The van der Waals surface area contributed by atoms with E-state index in [0.29, 0.717) is 23.8 Å². The van der Waals surface area contributed by atoms with Gasteiger partial charge in [-0.2, -0.15) is 0 Å². The van der Waals surface area contributed by atoms with Crippen LogP contribution in [0.4, 0.5) is 11.4 Å². The van der Waals surface area contributed by atoms with Crippen LogP contribution in [0.15, 0.2) is 22.6 Å². The standard InChI is InChI=1S/C13H15N3O3/c1-7-8(2)19-12(16-7)6-15-11-4-3-9(13(17)18)5-10(11)14/h3-5,15H,6,14H2,1-2H3,(H,17,18). The number of nitrogens with zero attached hydrogens (tertiary/aromatic N) is 1. The van der Waals surface area contributed by atoms with Crippen molar-refractivity contribution in [3.63, 3.8) is 0 Å². The lowest BCUT2D eigenvalue weighted by Gasteiger charge is -2.08. The second kappa shape index (κ2) is 5.01. The molecular formula is C13H15N3O3. The lowest BCUT2D eigenvalue weighted by atomic mass is 10.2. The van der Waals surface area contributed by atoms with Crippen LogP contribution in [0.1, 0.15) is 27.7 Å². The Labute approximate surface area is 110 Å². The van der Waals surface area contributed by atoms with E-state index in [0.717, 1.165) is 11.5 Å². The summed E-state index contributed by atoms with van der Waals surface area (Å²) < 4.78 is 5.43. The van der Waals surface area contributed by atoms with E-state index >= 15 is 0 Å². The van der Waals surface area contributed by atoms with Crippen molar-refractivity contribution in [2.24, 2.45) is 0 Å². The fourth-order valence-electron chi connectivity index (χ4n) is 1.64. The highest BCUT2D eigenvalue weighted by molar-refractivity contribution is 5.90. The lowest BCUT2D eigenvalue weighted by molar-refractivity contribution is 0.0697. The normalized spacial score (nSPS) is 10.4. The molecule has 0 atom stereocenters. The van der Waals surface area contributed by atoms with Crippen LogP contribution in [-0.4, -0.2) is 16.1 Å². The molecule has 0 fully saturated rings. The molecule has 100 valence electrons. The van der Waals surface area contributed by atoms with Gasteiger partial charge in [0.1, 0.15) is 5.76 Å². The minimum atomic E-state index is -1.00. The molecule has 0 amide bonds. The molecule has 4 N–H and O–H groups in total. The molecule has 0 radical (unpaired) electrons. The number of carboxylic acid groups (broad SMARTS) is 1. The van der Waals surface area contributed by atoms with Crippen molar-refractivity contribution >= 4 is 17.3 Å². The summed E-state index contributed by atoms with van der Waals surface area (Å²) in [5.41, 5.74) is 7.82. The monoisotopic (exact) mass is 261 g/mol. The second-order valence-corrected chi connectivity index (χ2v) is 4.21. The molecule has 1 aromatic carbocycles. The summed E-state index contributed by atoms with van der Waals surface area (Å²) in [5.74, 6) is 0.347. The second-order valence-electron chi connectivity index (χ2n) is 4.21. The molecular weight excluding hydrogens is 246 g/mol. The Morgan fingerprint density at radius 2 is 2.21 bits per heavy atom. The molecule has 0 aliphatic rings. The van der Waals surface area contributed by atoms with Gasteiger partial charge in [-0.05, 0) is 32.0 Å². The largest absolute Gasteiger partial charge is 0.478 e. The molecule has 0 aliphatic heterocycles. The van der Waals surface area contributed by atoms with Gasteiger partial charge in [0.05, 0.1) is 29.2 Å². The van der Waals surface area contributed by atoms with Gasteiger partial charge in [0.2, 0.25) is 5.89 Å². The number of carbonyl (C=O) groups is 1. The number of aryl methyl sites for hydroxylation is 2. The Morgan fingerprint density at radius 1 is 1.47 bits per heavy atom. The number of oxazole rings is 1. The first kappa shape index (κ1) is 12.9. The van der Waals surface area contributed by atoms with E-state index in [4.69, 9.17) is 15.3 Å². The fraction of sp³-hybridized carbons (Fsp3) is 0.231. The van der Waals surface area contributed by atoms with E-state index < -0.39 is 5.97 Å². The van der Waals surface area contributed by atoms with E-state index in [-0.39, 0.29) is 5.56 Å². The van der Waals surface area contributed by atoms with E-state index in [2.05, 4.69) is 10.3 Å². The highest BCUT2D eigenvalue weighted by atomic mass is 16.4. The van der Waals surface area contributed by atoms with Gasteiger partial charge in [-0.1, -0.05) is 0 Å². The average molecular weight is 261 g/mol. The SMILES string of the molecule is Cc1nc(CNc2ccc(C(=O)O)cc2N)oc1C. The summed E-state index contributed by atoms with van der Waals surface area (Å²) in [7, 11) is 0. The van der Waals surface area contributed by atoms with Crippen molar-refractivity contribution in [2.45, 2.75) is 20.4 Å². The lowest BCUT2D eigenvalue weighted by Crippen LogP contribution is -2.05. The zero-order valence-corrected chi connectivity index (χ0v) is 10.7. The molecule has 0 aliphatic carbocycles. The summed E-state index contributed by atoms with van der Waals surface area (Å²) in [4.78, 5) is 15.0. The molecule has 1 aromatic heterocycles. The Balaban J connectivity index is 2.09. The van der Waals surface area contributed by atoms with E-state index in [9.17, 15) is 4.79 Å². The van der Waals surface area contributed by atoms with Gasteiger partial charge in [0.15, 0.2) is 0 Å². The van der Waals surface area contributed by atoms with Gasteiger partial charge in [-0.15, -0.1) is 0 Å². The van der Waals surface area contributed by atoms with Crippen LogP contribution in [0, 0.1) is 13.8 Å². The number of rotatable bonds is 4. The number of hydrogen-bond donors (Lipinski definition) is 3. The maximum atomic E-state index is 10.8. The molecule has 0 saturated heterocycles. The summed E-state index contributed by atoms with van der Waals surface area (Å²) in [6.45, 7) is 4.12. The number of nitrogens with one attached hydrogen (secondary N) is 1. The highest BCUT2D eigenvalue weighted by Crippen LogP contribution is 2.21. The number of aromatic carboxylic acids is 1. The Hall–Kier alpha value is -2.50. The van der Waals surface area contributed by atoms with Crippen LogP contribution in [-0.2, 0) is 6.54 Å². The van der Waals surface area contributed by atoms with Crippen molar-refractivity contribution in [3.05, 3.63) is 41.1 Å². The first-order valence-electron chi connectivity index (χ1n) is 5.77. The van der Waals surface area contributed by atoms with Crippen LogP contribution < -0.4 is 11.1 Å². The minimum Gasteiger partial charge on any atom is -0.478 e. The molecule has 0 spiro atoms. The summed E-state index contributed by atoms with van der Waals surface area (Å²) in [5, 5.41) is 11.9. The third kappa shape index (κ3) is 2.85. The number of nitrogens with two attached hydrogens (primary N) is 1. The summed E-state index contributed by atoms with van der Waals surface area (Å²) >= 11 is 0. The Kier molecular flexibility index (Phi) is 3.41. The van der Waals surface area contributed by atoms with Crippen LogP contribution in [0.2, 0.25) is 0 Å². The van der Waals surface area contributed by atoms with Crippen molar-refractivity contribution in [1.82, 2.24) is 4.98 Å². The smallest absolute Gasteiger partial charge is 0.335 e. The van der Waals surface area contributed by atoms with E-state index in [1.165, 1.54) is 12.1 Å². The Bertz CT molecular complexity index is 600. The molecule has 6 heteroatoms. The first-order valence-corrected chi connectivity index (χ1v) is 5.77. The van der Waals surface area contributed by atoms with E-state index in [1.54, 1.807) is 6.07 Å². The van der Waals surface area contributed by atoms with Gasteiger partial charge >= 0.3 is 5.97 Å². The number of aromatic nitrogens is 1. The first-order chi connectivity index (χ1) is 8.97. The van der Waals surface area contributed by atoms with Gasteiger partial charge in [-0.25, -0.2) is 9.78 Å². The van der Waals surface area contributed by atoms with Gasteiger partial charge in [-0.3, -0.25) is 0 Å². The van der Waals surface area contributed by atoms with Crippen molar-refractivity contribution < 1.29 is 14.3 Å². The number of nitrogen functional groups attached to an aromatic ring is 1. The molecule has 19 heavy (non-hydrogen) atoms. The quantitative estimate of drug-likeness (QED) is 0.729. The maximum Gasteiger partial charge on any atom is 0.335 e. The molecule has 0 saturated carbocycles.